The molecule has 0 aromatic carbocycles. The van der Waals surface area contributed by atoms with E-state index in [0.717, 1.165) is 0 Å². The summed E-state index contributed by atoms with van der Waals surface area (Å²) >= 11 is 0. The zero-order valence-electron chi connectivity index (χ0n) is 8.44. The Bertz CT molecular complexity index is 98.0. The van der Waals surface area contributed by atoms with Gasteiger partial charge in [-0.15, -0.1) is 0 Å². The zero-order valence-corrected chi connectivity index (χ0v) is 8.44. The van der Waals surface area contributed by atoms with Crippen LogP contribution in [-0.4, -0.2) is 32.7 Å². The maximum absolute atomic E-state index is 2.44. The number of unbranched alkanes of at least 4 members (excludes halogenated alkanes) is 3. The summed E-state index contributed by atoms with van der Waals surface area (Å²) in [5, 5.41) is 2.44. The molecular weight excluding hydrogens is 148 g/mol. The summed E-state index contributed by atoms with van der Waals surface area (Å²) in [6.07, 6.45) is 5.69. The second kappa shape index (κ2) is 6.44. The molecule has 72 valence electrons. The molecule has 0 aromatic heterocycles. The number of hydrogen-bond donors (Lipinski definition) is 2. The molecule has 0 aliphatic carbocycles. The molecule has 1 saturated heterocycles. The minimum absolute atomic E-state index is 1.35. The molecule has 2 heteroatoms. The van der Waals surface area contributed by atoms with Crippen molar-refractivity contribution in [2.75, 3.05) is 32.7 Å². The van der Waals surface area contributed by atoms with Gasteiger partial charge in [-0.3, -0.25) is 0 Å². The highest BCUT2D eigenvalue weighted by Crippen LogP contribution is 1.95. The van der Waals surface area contributed by atoms with Crippen LogP contribution in [0.25, 0.3) is 0 Å². The number of piperazine rings is 1. The number of hydrogen-bond acceptors (Lipinski definition) is 0. The summed E-state index contributed by atoms with van der Waals surface area (Å²) < 4.78 is 0. The smallest absolute Gasteiger partial charge is 0.127 e. The summed E-state index contributed by atoms with van der Waals surface area (Å²) in [5.74, 6) is 0. The van der Waals surface area contributed by atoms with Crippen molar-refractivity contribution >= 4 is 0 Å². The van der Waals surface area contributed by atoms with Gasteiger partial charge >= 0.3 is 0 Å². The minimum Gasteiger partial charge on any atom is -0.337 e. The van der Waals surface area contributed by atoms with E-state index in [-0.39, 0.29) is 0 Å². The lowest BCUT2D eigenvalue weighted by Crippen LogP contribution is -3.20. The predicted octanol–water partition coefficient (Wildman–Crippen LogP) is -0.971. The van der Waals surface area contributed by atoms with Crippen LogP contribution < -0.4 is 10.2 Å². The molecule has 0 radical (unpaired) electrons. The van der Waals surface area contributed by atoms with E-state index in [1.54, 1.807) is 0 Å². The molecule has 0 aromatic rings. The van der Waals surface area contributed by atoms with Crippen molar-refractivity contribution in [3.63, 3.8) is 0 Å². The number of rotatable bonds is 5. The van der Waals surface area contributed by atoms with E-state index in [2.05, 4.69) is 12.2 Å². The molecule has 0 amide bonds. The van der Waals surface area contributed by atoms with Crippen LogP contribution in [0.2, 0.25) is 0 Å². The topological polar surface area (TPSA) is 21.1 Å². The lowest BCUT2D eigenvalue weighted by molar-refractivity contribution is -0.946. The third-order valence-electron chi connectivity index (χ3n) is 2.79. The fraction of sp³-hybridized carbons (Fsp3) is 1.00. The number of nitrogens with two attached hydrogens (primary N) is 1. The summed E-state index contributed by atoms with van der Waals surface area (Å²) in [7, 11) is 0. The van der Waals surface area contributed by atoms with Crippen LogP contribution in [-0.2, 0) is 0 Å². The van der Waals surface area contributed by atoms with E-state index in [1.165, 1.54) is 58.4 Å². The van der Waals surface area contributed by atoms with Crippen LogP contribution in [0.15, 0.2) is 0 Å². The Morgan fingerprint density at radius 3 is 2.50 bits per heavy atom. The van der Waals surface area contributed by atoms with E-state index in [9.17, 15) is 0 Å². The average Bonchev–Trinajstić information content (AvgIpc) is 2.14. The van der Waals surface area contributed by atoms with Gasteiger partial charge < -0.3 is 10.2 Å². The Labute approximate surface area is 76.3 Å². The molecule has 1 rings (SSSR count). The average molecular weight is 172 g/mol. The first-order chi connectivity index (χ1) is 5.93. The van der Waals surface area contributed by atoms with Crippen molar-refractivity contribution in [1.29, 1.82) is 0 Å². The molecule has 1 aliphatic rings. The van der Waals surface area contributed by atoms with Crippen LogP contribution in [0.3, 0.4) is 0 Å². The SMILES string of the molecule is CCCCCC[NH+]1CC[NH2+]CC1. The minimum atomic E-state index is 1.35. The van der Waals surface area contributed by atoms with E-state index < -0.39 is 0 Å². The van der Waals surface area contributed by atoms with Gasteiger partial charge in [0.25, 0.3) is 0 Å². The maximum atomic E-state index is 2.44. The fourth-order valence-corrected chi connectivity index (χ4v) is 1.93. The molecule has 2 nitrogen and oxygen atoms in total. The number of nitrogens with one attached hydrogen (secondary N) is 1. The molecule has 1 aliphatic heterocycles. The molecule has 0 saturated carbocycles. The molecule has 0 atom stereocenters. The second-order valence-corrected chi connectivity index (χ2v) is 3.93. The molecule has 0 unspecified atom stereocenters. The molecular formula is C10H24N2+2. The van der Waals surface area contributed by atoms with E-state index in [1.807, 2.05) is 4.90 Å². The van der Waals surface area contributed by atoms with Gasteiger partial charge in [0.15, 0.2) is 0 Å². The molecule has 3 N–H and O–H groups in total. The molecule has 12 heavy (non-hydrogen) atoms. The highest BCUT2D eigenvalue weighted by Gasteiger charge is 2.13. The second-order valence-electron chi connectivity index (χ2n) is 3.93. The summed E-state index contributed by atoms with van der Waals surface area (Å²) in [5.41, 5.74) is 0. The van der Waals surface area contributed by atoms with E-state index in [4.69, 9.17) is 0 Å². The number of quaternary nitrogens is 2. The van der Waals surface area contributed by atoms with Crippen molar-refractivity contribution in [2.45, 2.75) is 32.6 Å². The van der Waals surface area contributed by atoms with Crippen molar-refractivity contribution < 1.29 is 10.2 Å². The third kappa shape index (κ3) is 4.07. The Morgan fingerprint density at radius 1 is 1.08 bits per heavy atom. The van der Waals surface area contributed by atoms with Crippen LogP contribution in [0, 0.1) is 0 Å². The van der Waals surface area contributed by atoms with Crippen LogP contribution in [0.1, 0.15) is 32.6 Å². The van der Waals surface area contributed by atoms with Crippen molar-refractivity contribution in [2.24, 2.45) is 0 Å². The first kappa shape index (κ1) is 10.0. The van der Waals surface area contributed by atoms with E-state index >= 15 is 0 Å². The Kier molecular flexibility index (Phi) is 5.37. The lowest BCUT2D eigenvalue weighted by Gasteiger charge is -2.21. The zero-order chi connectivity index (χ0) is 8.65. The predicted molar refractivity (Wildman–Crippen MR) is 51.4 cm³/mol. The molecule has 0 bridgehead atoms. The standard InChI is InChI=1S/C10H22N2/c1-2-3-4-5-8-12-9-6-11-7-10-12/h11H,2-10H2,1H3/p+2. The maximum Gasteiger partial charge on any atom is 0.127 e. The normalized spacial score (nSPS) is 19.8. The highest BCUT2D eigenvalue weighted by molar-refractivity contribution is 4.40. The molecule has 1 heterocycles. The Balaban J connectivity index is 1.91. The van der Waals surface area contributed by atoms with E-state index in [0.29, 0.717) is 0 Å². The van der Waals surface area contributed by atoms with Crippen molar-refractivity contribution in [3.05, 3.63) is 0 Å². The monoisotopic (exact) mass is 172 g/mol. The van der Waals surface area contributed by atoms with Gasteiger partial charge in [0, 0.05) is 0 Å². The van der Waals surface area contributed by atoms with Gasteiger partial charge in [-0.1, -0.05) is 19.8 Å². The van der Waals surface area contributed by atoms with Crippen LogP contribution in [0.5, 0.6) is 0 Å². The summed E-state index contributed by atoms with van der Waals surface area (Å²) in [4.78, 5) is 1.84. The van der Waals surface area contributed by atoms with Crippen LogP contribution >= 0.6 is 0 Å². The van der Waals surface area contributed by atoms with Gasteiger partial charge in [0.1, 0.15) is 26.2 Å². The third-order valence-corrected chi connectivity index (χ3v) is 2.79. The van der Waals surface area contributed by atoms with Gasteiger partial charge in [-0.25, -0.2) is 0 Å². The molecule has 1 fully saturated rings. The summed E-state index contributed by atoms with van der Waals surface area (Å²) in [6.45, 7) is 9.20. The first-order valence-electron chi connectivity index (χ1n) is 5.58. The fourth-order valence-electron chi connectivity index (χ4n) is 1.93. The Hall–Kier alpha value is -0.0800. The van der Waals surface area contributed by atoms with Crippen LogP contribution in [0.4, 0.5) is 0 Å². The Morgan fingerprint density at radius 2 is 1.83 bits per heavy atom. The van der Waals surface area contributed by atoms with Gasteiger partial charge in [0.2, 0.25) is 0 Å². The van der Waals surface area contributed by atoms with Gasteiger partial charge in [-0.05, 0) is 12.8 Å². The van der Waals surface area contributed by atoms with Crippen molar-refractivity contribution in [1.82, 2.24) is 0 Å². The highest BCUT2D eigenvalue weighted by atomic mass is 15.2. The molecule has 0 spiro atoms. The van der Waals surface area contributed by atoms with Crippen molar-refractivity contribution in [3.8, 4) is 0 Å². The largest absolute Gasteiger partial charge is 0.337 e. The first-order valence-corrected chi connectivity index (χ1v) is 5.58. The quantitative estimate of drug-likeness (QED) is 0.498. The van der Waals surface area contributed by atoms with Gasteiger partial charge in [0.05, 0.1) is 6.54 Å². The lowest BCUT2D eigenvalue weighted by atomic mass is 10.2. The summed E-state index contributed by atoms with van der Waals surface area (Å²) in [6, 6.07) is 0. The van der Waals surface area contributed by atoms with Gasteiger partial charge in [-0.2, -0.15) is 0 Å².